The van der Waals surface area contributed by atoms with Crippen LogP contribution in [0.2, 0.25) is 0 Å². The zero-order valence-electron chi connectivity index (χ0n) is 9.08. The van der Waals surface area contributed by atoms with Crippen LogP contribution < -0.4 is 9.47 Å². The smallest absolute Gasteiger partial charge is 0.146 e. The highest BCUT2D eigenvalue weighted by atomic mass is 79.9. The second-order valence-corrected chi connectivity index (χ2v) is 4.64. The summed E-state index contributed by atoms with van der Waals surface area (Å²) in [7, 11) is 3.00. The number of aliphatic hydroxyl groups is 1. The molecule has 16 heavy (non-hydrogen) atoms. The van der Waals surface area contributed by atoms with Crippen molar-refractivity contribution in [3.05, 3.63) is 16.1 Å². The fraction of sp³-hybridized carbons (Fsp3) is 0.455. The van der Waals surface area contributed by atoms with Gasteiger partial charge >= 0.3 is 0 Å². The summed E-state index contributed by atoms with van der Waals surface area (Å²) in [4.78, 5) is 0. The molecule has 0 unspecified atom stereocenters. The van der Waals surface area contributed by atoms with Crippen molar-refractivity contribution in [1.29, 1.82) is 0 Å². The molecule has 1 fully saturated rings. The van der Waals surface area contributed by atoms with Gasteiger partial charge in [0.2, 0.25) is 0 Å². The van der Waals surface area contributed by atoms with Gasteiger partial charge in [-0.1, -0.05) is 0 Å². The minimum Gasteiger partial charge on any atom is -0.507 e. The number of aromatic hydroxyl groups is 1. The van der Waals surface area contributed by atoms with Crippen LogP contribution in [0.3, 0.4) is 0 Å². The maximum Gasteiger partial charge on any atom is 0.146 e. The highest BCUT2D eigenvalue weighted by molar-refractivity contribution is 9.10. The normalized spacial score (nSPS) is 17.0. The van der Waals surface area contributed by atoms with Crippen molar-refractivity contribution in [1.82, 2.24) is 0 Å². The van der Waals surface area contributed by atoms with E-state index < -0.39 is 5.60 Å². The number of methoxy groups -OCH3 is 2. The second kappa shape index (κ2) is 3.82. The van der Waals surface area contributed by atoms with Crippen molar-refractivity contribution >= 4 is 15.9 Å². The van der Waals surface area contributed by atoms with Gasteiger partial charge in [0.15, 0.2) is 0 Å². The molecule has 1 aliphatic carbocycles. The Bertz CT molecular complexity index is 426. The molecule has 1 aromatic carbocycles. The predicted octanol–water partition coefficient (Wildman–Crippen LogP) is 2.15. The number of phenolic OH excluding ortho intramolecular Hbond substituents is 1. The van der Waals surface area contributed by atoms with E-state index in [-0.39, 0.29) is 5.75 Å². The van der Waals surface area contributed by atoms with Crippen molar-refractivity contribution in [2.45, 2.75) is 18.4 Å². The summed E-state index contributed by atoms with van der Waals surface area (Å²) in [5.41, 5.74) is -0.521. The Kier molecular flexibility index (Phi) is 2.75. The van der Waals surface area contributed by atoms with Crippen LogP contribution in [0.15, 0.2) is 10.5 Å². The van der Waals surface area contributed by atoms with Crippen LogP contribution in [0.5, 0.6) is 17.2 Å². The van der Waals surface area contributed by atoms with Crippen LogP contribution in [-0.4, -0.2) is 24.4 Å². The van der Waals surface area contributed by atoms with Crippen molar-refractivity contribution in [2.24, 2.45) is 0 Å². The molecule has 4 nitrogen and oxygen atoms in total. The summed E-state index contributed by atoms with van der Waals surface area (Å²) in [6, 6.07) is 1.47. The first-order valence-electron chi connectivity index (χ1n) is 4.90. The fourth-order valence-corrected chi connectivity index (χ4v) is 2.39. The minimum atomic E-state index is -0.954. The minimum absolute atomic E-state index is 0.00287. The van der Waals surface area contributed by atoms with Crippen LogP contribution in [0.4, 0.5) is 0 Å². The molecule has 0 atom stereocenters. The molecule has 1 aromatic rings. The van der Waals surface area contributed by atoms with Gasteiger partial charge in [0, 0.05) is 6.07 Å². The number of phenols is 1. The summed E-state index contributed by atoms with van der Waals surface area (Å²) in [6.45, 7) is 0. The van der Waals surface area contributed by atoms with Crippen LogP contribution in [0.1, 0.15) is 18.4 Å². The number of rotatable bonds is 3. The summed E-state index contributed by atoms with van der Waals surface area (Å²) < 4.78 is 10.9. The Balaban J connectivity index is 2.64. The molecule has 0 amide bonds. The zero-order valence-corrected chi connectivity index (χ0v) is 10.7. The van der Waals surface area contributed by atoms with E-state index >= 15 is 0 Å². The Hall–Kier alpha value is -0.940. The largest absolute Gasteiger partial charge is 0.507 e. The standard InChI is InChI=1S/C11H13BrO4/c1-15-7-5-6(13)8(11(14)3-4-11)10(16-2)9(7)12/h5,13-14H,3-4H2,1-2H3. The molecule has 0 radical (unpaired) electrons. The van der Waals surface area contributed by atoms with E-state index in [1.54, 1.807) is 0 Å². The van der Waals surface area contributed by atoms with Gasteiger partial charge < -0.3 is 19.7 Å². The van der Waals surface area contributed by atoms with Gasteiger partial charge in [-0.25, -0.2) is 0 Å². The third kappa shape index (κ3) is 1.64. The quantitative estimate of drug-likeness (QED) is 0.895. The van der Waals surface area contributed by atoms with Crippen molar-refractivity contribution in [2.75, 3.05) is 14.2 Å². The third-order valence-electron chi connectivity index (χ3n) is 2.78. The molecule has 0 saturated heterocycles. The Labute approximate surface area is 102 Å². The topological polar surface area (TPSA) is 58.9 Å². The van der Waals surface area contributed by atoms with E-state index in [1.807, 2.05) is 0 Å². The van der Waals surface area contributed by atoms with E-state index in [0.29, 0.717) is 34.4 Å². The highest BCUT2D eigenvalue weighted by Crippen LogP contribution is 2.55. The van der Waals surface area contributed by atoms with E-state index in [9.17, 15) is 10.2 Å². The molecule has 0 aliphatic heterocycles. The molecule has 2 rings (SSSR count). The van der Waals surface area contributed by atoms with Crippen LogP contribution in [0.25, 0.3) is 0 Å². The molecule has 88 valence electrons. The highest BCUT2D eigenvalue weighted by Gasteiger charge is 2.47. The Morgan fingerprint density at radius 2 is 1.94 bits per heavy atom. The summed E-state index contributed by atoms with van der Waals surface area (Å²) in [6.07, 6.45) is 1.27. The van der Waals surface area contributed by atoms with E-state index in [4.69, 9.17) is 9.47 Å². The lowest BCUT2D eigenvalue weighted by Gasteiger charge is -2.18. The van der Waals surface area contributed by atoms with Gasteiger partial charge in [-0.15, -0.1) is 0 Å². The van der Waals surface area contributed by atoms with Gasteiger partial charge in [-0.2, -0.15) is 0 Å². The van der Waals surface area contributed by atoms with E-state index in [0.717, 1.165) is 0 Å². The predicted molar refractivity (Wildman–Crippen MR) is 62.0 cm³/mol. The lowest BCUT2D eigenvalue weighted by molar-refractivity contribution is 0.143. The summed E-state index contributed by atoms with van der Waals surface area (Å²) in [5.74, 6) is 0.899. The molecule has 0 heterocycles. The molecule has 1 aliphatic rings. The monoisotopic (exact) mass is 288 g/mol. The molecular formula is C11H13BrO4. The van der Waals surface area contributed by atoms with E-state index in [1.165, 1.54) is 20.3 Å². The van der Waals surface area contributed by atoms with Crippen LogP contribution in [0, 0.1) is 0 Å². The van der Waals surface area contributed by atoms with Crippen molar-refractivity contribution in [3.8, 4) is 17.2 Å². The molecule has 0 bridgehead atoms. The SMILES string of the molecule is COc1cc(O)c(C2(O)CC2)c(OC)c1Br. The molecule has 0 spiro atoms. The lowest BCUT2D eigenvalue weighted by atomic mass is 10.0. The first-order valence-corrected chi connectivity index (χ1v) is 5.69. The van der Waals surface area contributed by atoms with Crippen molar-refractivity contribution < 1.29 is 19.7 Å². The average molecular weight is 289 g/mol. The number of hydrogen-bond acceptors (Lipinski definition) is 4. The van der Waals surface area contributed by atoms with Gasteiger partial charge in [0.1, 0.15) is 21.7 Å². The maximum atomic E-state index is 10.1. The molecule has 2 N–H and O–H groups in total. The Morgan fingerprint density at radius 1 is 1.31 bits per heavy atom. The molecule has 0 aromatic heterocycles. The zero-order chi connectivity index (χ0) is 11.9. The lowest BCUT2D eigenvalue weighted by Crippen LogP contribution is -2.08. The summed E-state index contributed by atoms with van der Waals surface area (Å²) in [5, 5.41) is 20.0. The molecule has 5 heteroatoms. The molecular weight excluding hydrogens is 276 g/mol. The summed E-state index contributed by atoms with van der Waals surface area (Å²) >= 11 is 3.33. The first-order chi connectivity index (χ1) is 7.53. The van der Waals surface area contributed by atoms with E-state index in [2.05, 4.69) is 15.9 Å². The maximum absolute atomic E-state index is 10.1. The molecule has 1 saturated carbocycles. The average Bonchev–Trinajstić information content (AvgIpc) is 2.99. The number of hydrogen-bond donors (Lipinski definition) is 2. The van der Waals surface area contributed by atoms with Crippen LogP contribution >= 0.6 is 15.9 Å². The second-order valence-electron chi connectivity index (χ2n) is 3.85. The Morgan fingerprint density at radius 3 is 2.38 bits per heavy atom. The number of ether oxygens (including phenoxy) is 2. The van der Waals surface area contributed by atoms with Crippen molar-refractivity contribution in [3.63, 3.8) is 0 Å². The number of halogens is 1. The first kappa shape index (κ1) is 11.5. The number of benzene rings is 1. The van der Waals surface area contributed by atoms with Gasteiger partial charge in [0.05, 0.1) is 25.4 Å². The van der Waals surface area contributed by atoms with Gasteiger partial charge in [-0.3, -0.25) is 0 Å². The third-order valence-corrected chi connectivity index (χ3v) is 3.53. The van der Waals surface area contributed by atoms with Gasteiger partial charge in [-0.05, 0) is 28.8 Å². The van der Waals surface area contributed by atoms with Gasteiger partial charge in [0.25, 0.3) is 0 Å². The van der Waals surface area contributed by atoms with Crippen LogP contribution in [-0.2, 0) is 5.60 Å². The fourth-order valence-electron chi connectivity index (χ4n) is 1.76.